The van der Waals surface area contributed by atoms with E-state index in [9.17, 15) is 0 Å². The fourth-order valence-corrected chi connectivity index (χ4v) is 3.41. The van der Waals surface area contributed by atoms with Gasteiger partial charge in [-0.15, -0.1) is 20.4 Å². The molecule has 0 spiro atoms. The van der Waals surface area contributed by atoms with Gasteiger partial charge in [-0.2, -0.15) is 21.0 Å². The minimum atomic E-state index is -0.403. The van der Waals surface area contributed by atoms with E-state index in [1.54, 1.807) is 24.8 Å². The molecule has 0 fully saturated rings. The van der Waals surface area contributed by atoms with Gasteiger partial charge in [-0.25, -0.2) is 21.1 Å². The molecule has 6 aromatic rings. The molecule has 51 heavy (non-hydrogen) atoms. The number of hydrogen-bond donors (Lipinski definition) is 2. The summed E-state index contributed by atoms with van der Waals surface area (Å²) in [6, 6.07) is 27.7. The van der Waals surface area contributed by atoms with E-state index in [1.807, 2.05) is 72.8 Å². The number of pyridine rings is 4. The number of nitrogen functional groups attached to an aromatic ring is 2. The topological polar surface area (TPSA) is 305 Å². The molecule has 240 valence electrons. The van der Waals surface area contributed by atoms with Crippen LogP contribution in [0, 0.1) is 45.3 Å². The number of nitrogens with zero attached hydrogens (tertiary/aromatic N) is 16. The quantitative estimate of drug-likeness (QED) is 0.113. The van der Waals surface area contributed by atoms with Gasteiger partial charge in [0, 0.05) is 24.8 Å². The average molecular weight is 769 g/mol. The van der Waals surface area contributed by atoms with Gasteiger partial charge < -0.3 is 22.5 Å². The summed E-state index contributed by atoms with van der Waals surface area (Å²) in [5, 5.41) is 63.0. The standard InChI is InChI=1S/2C12H10N6.2C4N3.Cd/c2*13-18-11(9-5-1-3-7-14-9)16-17-12(18)10-6-2-4-8-15-10;2*5-1-4(2-6)3-7;/h2*1-8H,13H2;;;/q;;2*-1;+2. The Bertz CT molecular complexity index is 1970. The molecule has 0 aliphatic rings. The third kappa shape index (κ3) is 11.2. The van der Waals surface area contributed by atoms with Crippen molar-refractivity contribution >= 4 is 11.7 Å². The minimum absolute atomic E-state index is 0. The SMILES string of the molecule is N#CC(=C=[N-])C#N.N#CC(=C=[N-])C#N.Nn1c(-c2ccccn2)nnc1-c1ccccn1.Nn1c(-c2ccccn2)nnc1-c1ccccn1.[Cd+2]. The Hall–Kier alpha value is -7.74. The molecule has 18 nitrogen and oxygen atoms in total. The van der Waals surface area contributed by atoms with Gasteiger partial charge in [0.05, 0.1) is 0 Å². The van der Waals surface area contributed by atoms with Gasteiger partial charge in [0.25, 0.3) is 0 Å². The Labute approximate surface area is 310 Å². The van der Waals surface area contributed by atoms with E-state index in [4.69, 9.17) is 43.6 Å². The van der Waals surface area contributed by atoms with Crippen LogP contribution in [0.5, 0.6) is 0 Å². The molecule has 4 N–H and O–H groups in total. The van der Waals surface area contributed by atoms with Crippen LogP contribution in [0.3, 0.4) is 0 Å². The van der Waals surface area contributed by atoms with Crippen LogP contribution < -0.4 is 11.7 Å². The van der Waals surface area contributed by atoms with Crippen LogP contribution in [-0.4, -0.2) is 61.4 Å². The predicted octanol–water partition coefficient (Wildman–Crippen LogP) is 2.63. The second kappa shape index (κ2) is 21.2. The zero-order chi connectivity index (χ0) is 36.1. The zero-order valence-corrected chi connectivity index (χ0v) is 30.3. The molecule has 0 amide bonds. The predicted molar refractivity (Wildman–Crippen MR) is 179 cm³/mol. The molecule has 6 heterocycles. The fraction of sp³-hybridized carbons (Fsp3) is 0. The Balaban J connectivity index is 0.000000257. The molecule has 0 bridgehead atoms. The molecule has 6 aromatic heterocycles. The third-order valence-corrected chi connectivity index (χ3v) is 5.64. The first-order valence-corrected chi connectivity index (χ1v) is 13.6. The summed E-state index contributed by atoms with van der Waals surface area (Å²) in [5.74, 6) is 16.8. The molecule has 0 unspecified atom stereocenters. The molecule has 0 saturated carbocycles. The van der Waals surface area contributed by atoms with Gasteiger partial charge in [-0.05, 0) is 48.5 Å². The summed E-state index contributed by atoms with van der Waals surface area (Å²) in [6.07, 6.45) is 6.74. The van der Waals surface area contributed by atoms with Crippen LogP contribution in [0.1, 0.15) is 0 Å². The number of hydrogen-bond acceptors (Lipinski definition) is 14. The normalized spacial score (nSPS) is 8.71. The van der Waals surface area contributed by atoms with Crippen LogP contribution in [0.4, 0.5) is 0 Å². The maximum Gasteiger partial charge on any atom is 2.00 e. The average Bonchev–Trinajstić information content (AvgIpc) is 3.77. The van der Waals surface area contributed by atoms with Crippen molar-refractivity contribution < 1.29 is 27.3 Å². The molecule has 19 heteroatoms. The van der Waals surface area contributed by atoms with E-state index < -0.39 is 11.1 Å². The van der Waals surface area contributed by atoms with Crippen molar-refractivity contribution in [1.29, 1.82) is 21.0 Å². The second-order valence-corrected chi connectivity index (χ2v) is 8.72. The van der Waals surface area contributed by atoms with E-state index in [0.29, 0.717) is 46.1 Å². The first-order chi connectivity index (χ1) is 24.4. The minimum Gasteiger partial charge on any atom is -0.762 e. The number of aromatic nitrogens is 10. The van der Waals surface area contributed by atoms with E-state index in [-0.39, 0.29) is 27.3 Å². The van der Waals surface area contributed by atoms with Crippen LogP contribution in [0.2, 0.25) is 0 Å². The Morgan fingerprint density at radius 1 is 0.471 bits per heavy atom. The van der Waals surface area contributed by atoms with Crippen LogP contribution in [0.15, 0.2) is 109 Å². The van der Waals surface area contributed by atoms with Gasteiger partial charge in [0.15, 0.2) is 0 Å². The summed E-state index contributed by atoms with van der Waals surface area (Å²) in [4.78, 5) is 16.8. The molecular weight excluding hydrogens is 749 g/mol. The molecular formula is C32H20CdN18. The van der Waals surface area contributed by atoms with Crippen molar-refractivity contribution in [2.45, 2.75) is 0 Å². The first-order valence-electron chi connectivity index (χ1n) is 13.6. The Kier molecular flexibility index (Phi) is 16.4. The van der Waals surface area contributed by atoms with Crippen molar-refractivity contribution in [3.63, 3.8) is 0 Å². The van der Waals surface area contributed by atoms with Crippen molar-refractivity contribution in [1.82, 2.24) is 49.7 Å². The summed E-state index contributed by atoms with van der Waals surface area (Å²) < 4.78 is 2.79. The fourth-order valence-electron chi connectivity index (χ4n) is 3.41. The summed E-state index contributed by atoms with van der Waals surface area (Å²) in [6.45, 7) is 0. The van der Waals surface area contributed by atoms with E-state index in [0.717, 1.165) is 0 Å². The molecule has 0 aliphatic heterocycles. The van der Waals surface area contributed by atoms with Gasteiger partial charge >= 0.3 is 27.3 Å². The summed E-state index contributed by atoms with van der Waals surface area (Å²) in [5.41, 5.74) is 1.90. The molecule has 0 atom stereocenters. The van der Waals surface area contributed by atoms with Crippen LogP contribution >= 0.6 is 0 Å². The number of rotatable bonds is 4. The third-order valence-electron chi connectivity index (χ3n) is 5.64. The zero-order valence-electron chi connectivity index (χ0n) is 26.3. The Morgan fingerprint density at radius 3 is 0.843 bits per heavy atom. The van der Waals surface area contributed by atoms with Crippen LogP contribution in [-0.2, 0) is 27.3 Å². The smallest absolute Gasteiger partial charge is 0.762 e. The van der Waals surface area contributed by atoms with E-state index >= 15 is 0 Å². The van der Waals surface area contributed by atoms with Crippen molar-refractivity contribution in [2.75, 3.05) is 11.7 Å². The van der Waals surface area contributed by atoms with Gasteiger partial charge in [-0.3, -0.25) is 19.9 Å². The number of nitriles is 4. The molecule has 6 rings (SSSR count). The van der Waals surface area contributed by atoms with Gasteiger partial charge in [0.2, 0.25) is 23.3 Å². The molecule has 0 radical (unpaired) electrons. The van der Waals surface area contributed by atoms with Gasteiger partial charge in [-0.1, -0.05) is 24.3 Å². The summed E-state index contributed by atoms with van der Waals surface area (Å²) in [7, 11) is 0. The van der Waals surface area contributed by atoms with Crippen molar-refractivity contribution in [3.05, 3.63) is 120 Å². The number of nitrogens with two attached hydrogens (primary N) is 2. The van der Waals surface area contributed by atoms with E-state index in [1.165, 1.54) is 45.4 Å². The van der Waals surface area contributed by atoms with Crippen LogP contribution in [0.25, 0.3) is 56.9 Å². The van der Waals surface area contributed by atoms with Crippen molar-refractivity contribution in [3.8, 4) is 70.4 Å². The molecule has 0 aliphatic carbocycles. The maximum absolute atomic E-state index is 7.79. The largest absolute Gasteiger partial charge is 2.00 e. The molecule has 0 aromatic carbocycles. The van der Waals surface area contributed by atoms with Gasteiger partial charge in [0.1, 0.15) is 58.2 Å². The first kappa shape index (κ1) is 39.4. The monoisotopic (exact) mass is 770 g/mol. The summed E-state index contributed by atoms with van der Waals surface area (Å²) >= 11 is 0. The Morgan fingerprint density at radius 2 is 0.706 bits per heavy atom. The number of allylic oxidation sites excluding steroid dienone is 2. The molecule has 0 saturated heterocycles. The van der Waals surface area contributed by atoms with Crippen molar-refractivity contribution in [2.24, 2.45) is 0 Å². The maximum atomic E-state index is 7.79. The van der Waals surface area contributed by atoms with E-state index in [2.05, 4.69) is 40.3 Å². The second-order valence-electron chi connectivity index (χ2n) is 8.72.